The van der Waals surface area contributed by atoms with Crippen molar-refractivity contribution in [1.29, 1.82) is 0 Å². The topological polar surface area (TPSA) is 75.9 Å². The van der Waals surface area contributed by atoms with Gasteiger partial charge >= 0.3 is 0 Å². The lowest BCUT2D eigenvalue weighted by Gasteiger charge is -2.17. The maximum absolute atomic E-state index is 12.5. The standard InChI is InChI=1S/C23H26N4O3/c1-2-3-22(28)27-12-9-20(16-27)30-19-6-4-18(5-7-19)23(29)25-15-17-8-11-26-13-10-24-21(26)14-17/h4-8,10-11,13-14,20H,2-3,9,12,15-16H2,1H3,(H,25,29)/t20-/m0/s1. The summed E-state index contributed by atoms with van der Waals surface area (Å²) in [5.74, 6) is 0.774. The van der Waals surface area contributed by atoms with Crippen LogP contribution >= 0.6 is 0 Å². The van der Waals surface area contributed by atoms with Gasteiger partial charge in [-0.15, -0.1) is 0 Å². The van der Waals surface area contributed by atoms with Crippen molar-refractivity contribution in [3.63, 3.8) is 0 Å². The van der Waals surface area contributed by atoms with Gasteiger partial charge in [0.05, 0.1) is 6.54 Å². The minimum atomic E-state index is -0.137. The first-order valence-corrected chi connectivity index (χ1v) is 10.4. The highest BCUT2D eigenvalue weighted by Crippen LogP contribution is 2.20. The van der Waals surface area contributed by atoms with Crippen molar-refractivity contribution < 1.29 is 14.3 Å². The molecule has 0 spiro atoms. The summed E-state index contributed by atoms with van der Waals surface area (Å²) >= 11 is 0. The number of nitrogens with zero attached hydrogens (tertiary/aromatic N) is 3. The van der Waals surface area contributed by atoms with Gasteiger partial charge in [0.15, 0.2) is 0 Å². The first-order valence-electron chi connectivity index (χ1n) is 10.4. The van der Waals surface area contributed by atoms with E-state index in [9.17, 15) is 9.59 Å². The minimum Gasteiger partial charge on any atom is -0.489 e. The predicted octanol–water partition coefficient (Wildman–Crippen LogP) is 3.04. The molecule has 1 aromatic carbocycles. The van der Waals surface area contributed by atoms with Crippen LogP contribution in [0.4, 0.5) is 0 Å². The van der Waals surface area contributed by atoms with Crippen LogP contribution in [-0.2, 0) is 11.3 Å². The van der Waals surface area contributed by atoms with Crippen LogP contribution < -0.4 is 10.1 Å². The van der Waals surface area contributed by atoms with E-state index in [-0.39, 0.29) is 17.9 Å². The van der Waals surface area contributed by atoms with Crippen molar-refractivity contribution >= 4 is 17.5 Å². The molecule has 0 bridgehead atoms. The number of pyridine rings is 1. The van der Waals surface area contributed by atoms with E-state index < -0.39 is 0 Å². The Labute approximate surface area is 175 Å². The summed E-state index contributed by atoms with van der Waals surface area (Å²) in [4.78, 5) is 30.6. The largest absolute Gasteiger partial charge is 0.489 e. The molecule has 3 aromatic rings. The zero-order valence-corrected chi connectivity index (χ0v) is 17.1. The molecule has 30 heavy (non-hydrogen) atoms. The highest BCUT2D eigenvalue weighted by Gasteiger charge is 2.27. The third kappa shape index (κ3) is 4.62. The summed E-state index contributed by atoms with van der Waals surface area (Å²) in [5.41, 5.74) is 2.42. The quantitative estimate of drug-likeness (QED) is 0.654. The van der Waals surface area contributed by atoms with Crippen molar-refractivity contribution in [1.82, 2.24) is 19.6 Å². The Kier molecular flexibility index (Phi) is 5.97. The molecule has 0 unspecified atom stereocenters. The lowest BCUT2D eigenvalue weighted by Crippen LogP contribution is -2.30. The average Bonchev–Trinajstić information content (AvgIpc) is 3.42. The fraction of sp³-hybridized carbons (Fsp3) is 0.348. The molecule has 7 nitrogen and oxygen atoms in total. The van der Waals surface area contributed by atoms with Gasteiger partial charge in [0.2, 0.25) is 5.91 Å². The number of fused-ring (bicyclic) bond motifs is 1. The summed E-state index contributed by atoms with van der Waals surface area (Å²) in [6.45, 7) is 3.82. The number of rotatable bonds is 7. The molecule has 0 aliphatic carbocycles. The Morgan fingerprint density at radius 1 is 1.20 bits per heavy atom. The molecular weight excluding hydrogens is 380 g/mol. The second-order valence-corrected chi connectivity index (χ2v) is 7.55. The van der Waals surface area contributed by atoms with E-state index in [0.717, 1.165) is 30.6 Å². The van der Waals surface area contributed by atoms with E-state index >= 15 is 0 Å². The maximum atomic E-state index is 12.5. The van der Waals surface area contributed by atoms with Crippen LogP contribution in [0.2, 0.25) is 0 Å². The summed E-state index contributed by atoms with van der Waals surface area (Å²) in [6, 6.07) is 11.0. The van der Waals surface area contributed by atoms with Crippen LogP contribution in [0.1, 0.15) is 42.1 Å². The van der Waals surface area contributed by atoms with Gasteiger partial charge < -0.3 is 19.4 Å². The van der Waals surface area contributed by atoms with Gasteiger partial charge in [-0.1, -0.05) is 6.92 Å². The molecule has 1 fully saturated rings. The number of hydrogen-bond acceptors (Lipinski definition) is 4. The molecule has 1 aliphatic rings. The van der Waals surface area contributed by atoms with Crippen LogP contribution in [0.5, 0.6) is 5.75 Å². The third-order valence-electron chi connectivity index (χ3n) is 5.30. The first kappa shape index (κ1) is 19.9. The van der Waals surface area contributed by atoms with E-state index in [1.165, 1.54) is 0 Å². The third-order valence-corrected chi connectivity index (χ3v) is 5.30. The zero-order chi connectivity index (χ0) is 20.9. The number of carbonyl (C=O) groups is 2. The normalized spacial score (nSPS) is 16.0. The molecule has 156 valence electrons. The Morgan fingerprint density at radius 3 is 2.83 bits per heavy atom. The van der Waals surface area contributed by atoms with E-state index in [0.29, 0.717) is 30.8 Å². The van der Waals surface area contributed by atoms with Gasteiger partial charge in [-0.05, 0) is 48.4 Å². The van der Waals surface area contributed by atoms with Crippen LogP contribution in [0.3, 0.4) is 0 Å². The van der Waals surface area contributed by atoms with Crippen LogP contribution in [0.15, 0.2) is 55.0 Å². The maximum Gasteiger partial charge on any atom is 0.251 e. The van der Waals surface area contributed by atoms with Crippen molar-refractivity contribution in [3.05, 3.63) is 66.1 Å². The van der Waals surface area contributed by atoms with Gasteiger partial charge in [0, 0.05) is 50.1 Å². The van der Waals surface area contributed by atoms with E-state index in [1.807, 2.05) is 52.9 Å². The molecule has 1 saturated heterocycles. The Bertz CT molecular complexity index is 1030. The zero-order valence-electron chi connectivity index (χ0n) is 17.1. The fourth-order valence-corrected chi connectivity index (χ4v) is 3.65. The van der Waals surface area contributed by atoms with E-state index in [2.05, 4.69) is 10.3 Å². The van der Waals surface area contributed by atoms with Crippen LogP contribution in [-0.4, -0.2) is 45.3 Å². The Hall–Kier alpha value is -3.35. The molecule has 0 radical (unpaired) electrons. The number of carbonyl (C=O) groups excluding carboxylic acids is 2. The number of likely N-dealkylation sites (tertiary alicyclic amines) is 1. The molecule has 3 heterocycles. The fourth-order valence-electron chi connectivity index (χ4n) is 3.65. The SMILES string of the molecule is CCCC(=O)N1CC[C@H](Oc2ccc(C(=O)NCc3ccn4ccnc4c3)cc2)C1. The number of ether oxygens (including phenoxy) is 1. The number of benzene rings is 1. The highest BCUT2D eigenvalue weighted by molar-refractivity contribution is 5.94. The van der Waals surface area contributed by atoms with Crippen molar-refractivity contribution in [2.24, 2.45) is 0 Å². The molecular formula is C23H26N4O3. The molecule has 7 heteroatoms. The Morgan fingerprint density at radius 2 is 2.03 bits per heavy atom. The number of nitrogens with one attached hydrogen (secondary N) is 1. The Balaban J connectivity index is 1.28. The highest BCUT2D eigenvalue weighted by atomic mass is 16.5. The van der Waals surface area contributed by atoms with Crippen molar-refractivity contribution in [3.8, 4) is 5.75 Å². The second kappa shape index (κ2) is 8.98. The molecule has 2 amide bonds. The van der Waals surface area contributed by atoms with Gasteiger partial charge in [0.1, 0.15) is 17.5 Å². The number of amides is 2. The summed E-state index contributed by atoms with van der Waals surface area (Å²) in [5, 5.41) is 2.93. The molecule has 2 aromatic heterocycles. The van der Waals surface area contributed by atoms with Gasteiger partial charge in [-0.3, -0.25) is 9.59 Å². The number of aromatic nitrogens is 2. The predicted molar refractivity (Wildman–Crippen MR) is 113 cm³/mol. The summed E-state index contributed by atoms with van der Waals surface area (Å²) in [7, 11) is 0. The summed E-state index contributed by atoms with van der Waals surface area (Å²) in [6.07, 6.45) is 7.84. The van der Waals surface area contributed by atoms with E-state index in [4.69, 9.17) is 4.74 Å². The molecule has 1 aliphatic heterocycles. The lowest BCUT2D eigenvalue weighted by molar-refractivity contribution is -0.130. The first-order chi connectivity index (χ1) is 14.6. The second-order valence-electron chi connectivity index (χ2n) is 7.55. The van der Waals surface area contributed by atoms with Gasteiger partial charge in [-0.2, -0.15) is 0 Å². The van der Waals surface area contributed by atoms with Crippen LogP contribution in [0, 0.1) is 0 Å². The van der Waals surface area contributed by atoms with Crippen molar-refractivity contribution in [2.75, 3.05) is 13.1 Å². The monoisotopic (exact) mass is 406 g/mol. The molecule has 4 rings (SSSR count). The molecule has 1 N–H and O–H groups in total. The molecule has 0 saturated carbocycles. The molecule has 1 atom stereocenters. The van der Waals surface area contributed by atoms with Crippen molar-refractivity contribution in [2.45, 2.75) is 38.8 Å². The summed E-state index contributed by atoms with van der Waals surface area (Å²) < 4.78 is 7.92. The van der Waals surface area contributed by atoms with Gasteiger partial charge in [-0.25, -0.2) is 4.98 Å². The smallest absolute Gasteiger partial charge is 0.251 e. The van der Waals surface area contributed by atoms with E-state index in [1.54, 1.807) is 18.3 Å². The average molecular weight is 406 g/mol. The van der Waals surface area contributed by atoms with Crippen LogP contribution in [0.25, 0.3) is 5.65 Å². The minimum absolute atomic E-state index is 0.00284. The number of imidazole rings is 1. The lowest BCUT2D eigenvalue weighted by atomic mass is 10.2. The van der Waals surface area contributed by atoms with Gasteiger partial charge in [0.25, 0.3) is 5.91 Å². The number of hydrogen-bond donors (Lipinski definition) is 1.